The summed E-state index contributed by atoms with van der Waals surface area (Å²) in [5, 5.41) is 43.7. The second kappa shape index (κ2) is 6.06. The number of methoxy groups -OCH3 is 1. The number of hydrogen-bond acceptors (Lipinski definition) is 10. The zero-order valence-electron chi connectivity index (χ0n) is 17.4. The van der Waals surface area contributed by atoms with Gasteiger partial charge in [0.25, 0.3) is 0 Å². The Morgan fingerprint density at radius 3 is 2.52 bits per heavy atom. The highest BCUT2D eigenvalue weighted by Gasteiger charge is 2.84. The lowest BCUT2D eigenvalue weighted by Gasteiger charge is -2.67. The summed E-state index contributed by atoms with van der Waals surface area (Å²) >= 11 is 0. The fraction of sp³-hybridized carbons (Fsp3) is 0.762. The molecule has 1 spiro atoms. The van der Waals surface area contributed by atoms with Crippen LogP contribution < -0.4 is 0 Å². The maximum atomic E-state index is 12.9. The molecule has 2 aliphatic heterocycles. The molecule has 0 radical (unpaired) electrons. The number of carbonyl (C=O) groups excluding carboxylic acids is 3. The number of aliphatic hydroxyl groups is 4. The number of ketones is 1. The first-order chi connectivity index (χ1) is 14.5. The zero-order chi connectivity index (χ0) is 22.7. The van der Waals surface area contributed by atoms with Gasteiger partial charge in [0.1, 0.15) is 12.2 Å². The van der Waals surface area contributed by atoms with Gasteiger partial charge in [0.2, 0.25) is 0 Å². The first-order valence-corrected chi connectivity index (χ1v) is 10.4. The standard InChI is InChI=1S/C21H26O10/c1-7-8-4-10-20-6-30-21(18(28)29-3,15(20)13(25)17(27)31-10)16(26)12(24)14(20)19(8,2)5-9(22)11(7)23/h8,10,12-16,23-26H,4-6H2,1-3H3/t8?,10-,12-,13-,14?,15-,16?,19+,20-,21+/m1/s1. The van der Waals surface area contributed by atoms with Crippen molar-refractivity contribution in [3.05, 3.63) is 11.3 Å². The zero-order valence-corrected chi connectivity index (χ0v) is 17.4. The van der Waals surface area contributed by atoms with Crippen LogP contribution in [-0.4, -0.2) is 81.9 Å². The quantitative estimate of drug-likeness (QED) is 0.374. The number of allylic oxidation sites excluding steroid dienone is 2. The van der Waals surface area contributed by atoms with Crippen LogP contribution >= 0.6 is 0 Å². The predicted molar refractivity (Wildman–Crippen MR) is 99.2 cm³/mol. The largest absolute Gasteiger partial charge is 0.504 e. The maximum absolute atomic E-state index is 12.9. The van der Waals surface area contributed by atoms with E-state index in [0.29, 0.717) is 5.57 Å². The summed E-state index contributed by atoms with van der Waals surface area (Å²) in [6.07, 6.45) is -5.87. The summed E-state index contributed by atoms with van der Waals surface area (Å²) in [6.45, 7) is 3.24. The second-order valence-corrected chi connectivity index (χ2v) is 9.87. The van der Waals surface area contributed by atoms with E-state index in [1.54, 1.807) is 13.8 Å². The van der Waals surface area contributed by atoms with Crippen molar-refractivity contribution in [3.63, 3.8) is 0 Å². The van der Waals surface area contributed by atoms with E-state index in [1.807, 2.05) is 0 Å². The Balaban J connectivity index is 1.77. The number of ether oxygens (including phenoxy) is 3. The van der Waals surface area contributed by atoms with Crippen molar-refractivity contribution in [3.8, 4) is 0 Å². The Kier molecular flexibility index (Phi) is 4.08. The van der Waals surface area contributed by atoms with Crippen LogP contribution in [0.4, 0.5) is 0 Å². The summed E-state index contributed by atoms with van der Waals surface area (Å²) in [6, 6.07) is 0. The van der Waals surface area contributed by atoms with Gasteiger partial charge >= 0.3 is 11.9 Å². The number of carbonyl (C=O) groups is 3. The van der Waals surface area contributed by atoms with E-state index in [9.17, 15) is 34.8 Å². The number of aliphatic hydroxyl groups excluding tert-OH is 4. The molecule has 2 bridgehead atoms. The molecule has 2 heterocycles. The minimum Gasteiger partial charge on any atom is -0.504 e. The highest BCUT2D eigenvalue weighted by atomic mass is 16.6. The summed E-state index contributed by atoms with van der Waals surface area (Å²) in [4.78, 5) is 38.1. The molecule has 10 atom stereocenters. The highest BCUT2D eigenvalue weighted by molar-refractivity contribution is 5.95. The molecule has 31 heavy (non-hydrogen) atoms. The van der Waals surface area contributed by atoms with Crippen molar-refractivity contribution >= 4 is 17.7 Å². The van der Waals surface area contributed by atoms with Gasteiger partial charge in [-0.1, -0.05) is 6.92 Å². The molecular formula is C21H26O10. The van der Waals surface area contributed by atoms with Gasteiger partial charge in [-0.15, -0.1) is 0 Å². The van der Waals surface area contributed by atoms with Crippen LogP contribution in [0.3, 0.4) is 0 Å². The van der Waals surface area contributed by atoms with Gasteiger partial charge in [0, 0.05) is 17.8 Å². The van der Waals surface area contributed by atoms with Gasteiger partial charge in [-0.3, -0.25) is 4.79 Å². The number of fused-ring (bicyclic) bond motifs is 2. The molecule has 0 amide bonds. The SMILES string of the molecule is COC(=O)[C@@]12OC[C@]34C([C@@H](O)C1O)[C@@]1(C)CC(=O)C(O)=C(C)C1C[C@H]3OC(=O)[C@H](O)[C@H]42. The van der Waals surface area contributed by atoms with E-state index in [-0.39, 0.29) is 25.2 Å². The molecule has 0 aromatic carbocycles. The van der Waals surface area contributed by atoms with Crippen LogP contribution in [0.5, 0.6) is 0 Å². The molecule has 10 heteroatoms. The van der Waals surface area contributed by atoms with E-state index in [4.69, 9.17) is 14.2 Å². The number of rotatable bonds is 1. The minimum atomic E-state index is -2.14. The van der Waals surface area contributed by atoms with Gasteiger partial charge < -0.3 is 34.6 Å². The van der Waals surface area contributed by atoms with Crippen LogP contribution in [0.15, 0.2) is 11.3 Å². The summed E-state index contributed by atoms with van der Waals surface area (Å²) < 4.78 is 16.3. The maximum Gasteiger partial charge on any atom is 0.341 e. The molecule has 10 nitrogen and oxygen atoms in total. The lowest BCUT2D eigenvalue weighted by molar-refractivity contribution is -0.288. The van der Waals surface area contributed by atoms with Crippen LogP contribution in [0.1, 0.15) is 26.7 Å². The van der Waals surface area contributed by atoms with Crippen LogP contribution in [0.2, 0.25) is 0 Å². The number of hydrogen-bond donors (Lipinski definition) is 4. The van der Waals surface area contributed by atoms with Crippen molar-refractivity contribution in [1.29, 1.82) is 0 Å². The predicted octanol–water partition coefficient (Wildman–Crippen LogP) is -1.00. The molecule has 3 aliphatic carbocycles. The smallest absolute Gasteiger partial charge is 0.341 e. The fourth-order valence-corrected chi connectivity index (χ4v) is 7.76. The van der Waals surface area contributed by atoms with Gasteiger partial charge in [-0.05, 0) is 30.3 Å². The minimum absolute atomic E-state index is 0.105. The van der Waals surface area contributed by atoms with Gasteiger partial charge in [0.05, 0.1) is 25.7 Å². The molecule has 170 valence electrons. The highest BCUT2D eigenvalue weighted by Crippen LogP contribution is 2.72. The van der Waals surface area contributed by atoms with E-state index in [0.717, 1.165) is 7.11 Å². The normalized spacial score (nSPS) is 52.9. The molecule has 5 aliphatic rings. The van der Waals surface area contributed by atoms with E-state index in [2.05, 4.69) is 0 Å². The molecule has 0 aromatic rings. The molecule has 3 unspecified atom stereocenters. The van der Waals surface area contributed by atoms with Gasteiger partial charge in [0.15, 0.2) is 23.2 Å². The lowest BCUT2D eigenvalue weighted by atomic mass is 9.38. The van der Waals surface area contributed by atoms with E-state index < -0.39 is 76.3 Å². The second-order valence-electron chi connectivity index (χ2n) is 9.87. The first-order valence-electron chi connectivity index (χ1n) is 10.4. The molecule has 2 saturated carbocycles. The molecule has 0 aromatic heterocycles. The molecular weight excluding hydrogens is 412 g/mol. The lowest BCUT2D eigenvalue weighted by Crippen LogP contribution is -2.79. The van der Waals surface area contributed by atoms with Gasteiger partial charge in [-0.2, -0.15) is 0 Å². The summed E-state index contributed by atoms with van der Waals surface area (Å²) in [5.41, 5.74) is -3.88. The van der Waals surface area contributed by atoms with Crippen LogP contribution in [-0.2, 0) is 28.6 Å². The topological polar surface area (TPSA) is 160 Å². The van der Waals surface area contributed by atoms with Crippen molar-refractivity contribution < 1.29 is 49.0 Å². The average Bonchev–Trinajstić information content (AvgIpc) is 3.03. The van der Waals surface area contributed by atoms with Crippen LogP contribution in [0, 0.1) is 28.6 Å². The monoisotopic (exact) mass is 438 g/mol. The Morgan fingerprint density at radius 1 is 1.19 bits per heavy atom. The summed E-state index contributed by atoms with van der Waals surface area (Å²) in [5.74, 6) is -5.28. The molecule has 2 saturated heterocycles. The molecule has 4 fully saturated rings. The van der Waals surface area contributed by atoms with Gasteiger partial charge in [-0.25, -0.2) is 9.59 Å². The summed E-state index contributed by atoms with van der Waals surface area (Å²) in [7, 11) is 1.09. The Hall–Kier alpha value is -2.01. The number of Topliss-reactive ketones (excluding diaryl/α,β-unsaturated/α-hetero) is 1. The molecule has 4 N–H and O–H groups in total. The third kappa shape index (κ3) is 2.05. The Morgan fingerprint density at radius 2 is 1.87 bits per heavy atom. The molecule has 5 rings (SSSR count). The third-order valence-electron chi connectivity index (χ3n) is 8.86. The fourth-order valence-electron chi connectivity index (χ4n) is 7.76. The first kappa shape index (κ1) is 20.9. The van der Waals surface area contributed by atoms with Crippen molar-refractivity contribution in [2.24, 2.45) is 28.6 Å². The third-order valence-corrected chi connectivity index (χ3v) is 8.86. The van der Waals surface area contributed by atoms with E-state index >= 15 is 0 Å². The Labute approximate surface area is 177 Å². The van der Waals surface area contributed by atoms with Crippen molar-refractivity contribution in [1.82, 2.24) is 0 Å². The van der Waals surface area contributed by atoms with Crippen molar-refractivity contribution in [2.45, 2.75) is 56.7 Å². The average molecular weight is 438 g/mol. The van der Waals surface area contributed by atoms with E-state index in [1.165, 1.54) is 0 Å². The Bertz CT molecular complexity index is 927. The van der Waals surface area contributed by atoms with Crippen molar-refractivity contribution in [2.75, 3.05) is 13.7 Å². The van der Waals surface area contributed by atoms with Crippen LogP contribution in [0.25, 0.3) is 0 Å². The number of esters is 2.